The molecule has 0 aromatic heterocycles. The number of ketones is 2. The molecule has 2 aromatic carbocycles. The molecular weight excluding hydrogens is 714 g/mol. The molecule has 56 heavy (non-hydrogen) atoms. The fourth-order valence-electron chi connectivity index (χ4n) is 7.24. The van der Waals surface area contributed by atoms with E-state index in [2.05, 4.69) is 10.6 Å². The second-order valence-electron chi connectivity index (χ2n) is 15.4. The van der Waals surface area contributed by atoms with Gasteiger partial charge in [-0.2, -0.15) is 0 Å². The van der Waals surface area contributed by atoms with Crippen molar-refractivity contribution < 1.29 is 38.6 Å². The van der Waals surface area contributed by atoms with Crippen LogP contribution in [-0.4, -0.2) is 110 Å². The number of rotatable bonds is 27. The van der Waals surface area contributed by atoms with Gasteiger partial charge in [0, 0.05) is 51.4 Å². The Morgan fingerprint density at radius 1 is 0.839 bits per heavy atom. The Morgan fingerprint density at radius 2 is 1.45 bits per heavy atom. The highest BCUT2D eigenvalue weighted by Crippen LogP contribution is 2.27. The van der Waals surface area contributed by atoms with Crippen LogP contribution < -0.4 is 22.1 Å². The van der Waals surface area contributed by atoms with Crippen LogP contribution in [0.2, 0.25) is 0 Å². The molecule has 0 radical (unpaired) electrons. The van der Waals surface area contributed by atoms with Gasteiger partial charge in [-0.1, -0.05) is 80.9 Å². The number of carboxylic acids is 1. The maximum absolute atomic E-state index is 14.2. The first-order valence-electron chi connectivity index (χ1n) is 20.1. The molecule has 13 nitrogen and oxygen atoms in total. The van der Waals surface area contributed by atoms with Gasteiger partial charge in [0.15, 0.2) is 11.6 Å². The number of nitrogens with two attached hydrogens (primary N) is 2. The predicted molar refractivity (Wildman–Crippen MR) is 216 cm³/mol. The van der Waals surface area contributed by atoms with Crippen LogP contribution >= 0.6 is 0 Å². The van der Waals surface area contributed by atoms with Gasteiger partial charge in [-0.3, -0.25) is 29.3 Å². The summed E-state index contributed by atoms with van der Waals surface area (Å²) in [5.41, 5.74) is 12.8. The van der Waals surface area contributed by atoms with E-state index in [1.165, 1.54) is 0 Å². The van der Waals surface area contributed by atoms with Gasteiger partial charge in [0.1, 0.15) is 5.54 Å². The third-order valence-electron chi connectivity index (χ3n) is 10.6. The number of carbonyl (C=O) groups excluding carboxylic acids is 4. The number of carbonyl (C=O) groups is 5. The quantitative estimate of drug-likeness (QED) is 0.0833. The molecule has 0 unspecified atom stereocenters. The summed E-state index contributed by atoms with van der Waals surface area (Å²) in [5, 5.41) is 16.3. The molecule has 4 atom stereocenters. The molecule has 2 aromatic rings. The summed E-state index contributed by atoms with van der Waals surface area (Å²) in [5.74, 6) is -3.44. The molecule has 1 fully saturated rings. The molecule has 1 heterocycles. The zero-order valence-electron chi connectivity index (χ0n) is 33.6. The Balaban J connectivity index is 1.73. The highest BCUT2D eigenvalue weighted by molar-refractivity contribution is 5.95. The van der Waals surface area contributed by atoms with Crippen molar-refractivity contribution in [2.75, 3.05) is 53.1 Å². The lowest BCUT2D eigenvalue weighted by molar-refractivity contribution is -0.150. The van der Waals surface area contributed by atoms with E-state index in [4.69, 9.17) is 20.9 Å². The van der Waals surface area contributed by atoms with Crippen LogP contribution in [0.4, 0.5) is 0 Å². The summed E-state index contributed by atoms with van der Waals surface area (Å²) in [6, 6.07) is 17.3. The van der Waals surface area contributed by atoms with E-state index in [-0.39, 0.29) is 62.2 Å². The van der Waals surface area contributed by atoms with E-state index in [9.17, 15) is 29.1 Å². The molecule has 0 spiro atoms. The van der Waals surface area contributed by atoms with E-state index in [0.717, 1.165) is 11.1 Å². The van der Waals surface area contributed by atoms with Crippen LogP contribution in [0.15, 0.2) is 60.7 Å². The first kappa shape index (κ1) is 46.4. The summed E-state index contributed by atoms with van der Waals surface area (Å²) >= 11 is 0. The maximum atomic E-state index is 14.2. The highest BCUT2D eigenvalue weighted by Gasteiger charge is 2.43. The molecule has 13 heteroatoms. The maximum Gasteiger partial charge on any atom is 0.324 e. The van der Waals surface area contributed by atoms with Crippen LogP contribution in [-0.2, 0) is 46.3 Å². The van der Waals surface area contributed by atoms with Gasteiger partial charge in [-0.15, -0.1) is 0 Å². The van der Waals surface area contributed by atoms with Crippen LogP contribution in [0.3, 0.4) is 0 Å². The second-order valence-corrected chi connectivity index (χ2v) is 15.4. The number of benzene rings is 2. The Morgan fingerprint density at radius 3 is 2.02 bits per heavy atom. The van der Waals surface area contributed by atoms with Gasteiger partial charge >= 0.3 is 5.97 Å². The van der Waals surface area contributed by atoms with Crippen LogP contribution in [0.1, 0.15) is 76.3 Å². The molecule has 2 amide bonds. The number of nitrogens with one attached hydrogen (secondary N) is 2. The molecule has 310 valence electrons. The molecular formula is C43H65N5O8. The minimum atomic E-state index is -1.19. The molecule has 1 aliphatic rings. The highest BCUT2D eigenvalue weighted by atomic mass is 16.5. The van der Waals surface area contributed by atoms with Crippen molar-refractivity contribution in [2.24, 2.45) is 29.2 Å². The SMILES string of the molecule is COCCOCCNC1(C(=O)O)CCN(C(=O)[C@@H](CCCCN)CC(=O)[C@@H](CC(C)C)NC(=O)[C@H](CC(=O)[C@H](N)Cc2ccccc2)Cc2ccccc2)CC1. The topological polar surface area (TPSA) is 203 Å². The van der Waals surface area contributed by atoms with Gasteiger partial charge in [0.05, 0.1) is 31.9 Å². The van der Waals surface area contributed by atoms with Crippen LogP contribution in [0.25, 0.3) is 0 Å². The van der Waals surface area contributed by atoms with Crippen molar-refractivity contribution in [1.82, 2.24) is 15.5 Å². The summed E-state index contributed by atoms with van der Waals surface area (Å²) in [6.07, 6.45) is 3.02. The lowest BCUT2D eigenvalue weighted by atomic mass is 9.85. The lowest BCUT2D eigenvalue weighted by Gasteiger charge is -2.40. The molecule has 3 rings (SSSR count). The van der Waals surface area contributed by atoms with Gasteiger partial charge in [0.25, 0.3) is 0 Å². The number of nitrogens with zero attached hydrogens (tertiary/aromatic N) is 1. The Labute approximate surface area is 332 Å². The molecule has 1 saturated heterocycles. The number of amides is 2. The molecule has 0 aliphatic carbocycles. The third-order valence-corrected chi connectivity index (χ3v) is 10.6. The van der Waals surface area contributed by atoms with E-state index in [0.29, 0.717) is 71.4 Å². The third kappa shape index (κ3) is 15.5. The van der Waals surface area contributed by atoms with Gasteiger partial charge in [0.2, 0.25) is 11.8 Å². The number of unbranched alkanes of at least 4 members (excludes halogenated alkanes) is 1. The summed E-state index contributed by atoms with van der Waals surface area (Å²) in [4.78, 5) is 69.8. The van der Waals surface area contributed by atoms with Gasteiger partial charge in [-0.25, -0.2) is 0 Å². The normalized spacial score (nSPS) is 16.1. The molecule has 7 N–H and O–H groups in total. The van der Waals surface area contributed by atoms with Gasteiger partial charge in [-0.05, 0) is 68.5 Å². The number of piperidine rings is 1. The predicted octanol–water partition coefficient (Wildman–Crippen LogP) is 3.31. The summed E-state index contributed by atoms with van der Waals surface area (Å²) in [6.45, 7) is 6.33. The first-order chi connectivity index (χ1) is 26.9. The largest absolute Gasteiger partial charge is 0.480 e. The van der Waals surface area contributed by atoms with Crippen LogP contribution in [0.5, 0.6) is 0 Å². The Hall–Kier alpha value is -4.01. The number of likely N-dealkylation sites (tertiary alicyclic amines) is 1. The van der Waals surface area contributed by atoms with Crippen molar-refractivity contribution >= 4 is 29.4 Å². The van der Waals surface area contributed by atoms with Crippen molar-refractivity contribution in [3.8, 4) is 0 Å². The molecule has 0 bridgehead atoms. The minimum Gasteiger partial charge on any atom is -0.480 e. The molecule has 0 saturated carbocycles. The fraction of sp³-hybridized carbons (Fsp3) is 0.605. The number of hydrogen-bond donors (Lipinski definition) is 5. The monoisotopic (exact) mass is 779 g/mol. The lowest BCUT2D eigenvalue weighted by Crippen LogP contribution is -2.60. The number of Topliss-reactive ketones (excluding diaryl/α,β-unsaturated/α-hetero) is 2. The van der Waals surface area contributed by atoms with E-state index < -0.39 is 41.3 Å². The van der Waals surface area contributed by atoms with E-state index in [1.807, 2.05) is 74.5 Å². The standard InChI is InChI=1S/C43H65N5O8/c1-31(2)26-37(47-40(51)35(27-32-12-6-4-7-13-32)30-38(49)36(45)28-33-14-8-5-9-15-33)39(50)29-34(16-10-11-19-44)41(52)48-21-17-43(18-22-48,42(53)54)46-20-23-56-25-24-55-3/h4-9,12-15,31,34-37,46H,10-11,16-30,44-45H2,1-3H3,(H,47,51)(H,53,54)/t34-,35-,36+,37+/m0/s1. The Kier molecular flexibility index (Phi) is 20.4. The van der Waals surface area contributed by atoms with Crippen molar-refractivity contribution in [2.45, 2.75) is 95.7 Å². The fourth-order valence-corrected chi connectivity index (χ4v) is 7.24. The summed E-state index contributed by atoms with van der Waals surface area (Å²) in [7, 11) is 1.58. The van der Waals surface area contributed by atoms with E-state index in [1.54, 1.807) is 12.0 Å². The average molecular weight is 780 g/mol. The molecule has 1 aliphatic heterocycles. The zero-order chi connectivity index (χ0) is 40.9. The average Bonchev–Trinajstić information content (AvgIpc) is 3.18. The Bertz CT molecular complexity index is 1500. The van der Waals surface area contributed by atoms with Crippen LogP contribution in [0, 0.1) is 17.8 Å². The number of methoxy groups -OCH3 is 1. The number of hydrogen-bond acceptors (Lipinski definition) is 10. The minimum absolute atomic E-state index is 0.0493. The number of ether oxygens (including phenoxy) is 2. The van der Waals surface area contributed by atoms with Crippen molar-refractivity contribution in [3.05, 3.63) is 71.8 Å². The number of carboxylic acid groups (broad SMARTS) is 1. The zero-order valence-corrected chi connectivity index (χ0v) is 33.6. The van der Waals surface area contributed by atoms with Crippen molar-refractivity contribution in [3.63, 3.8) is 0 Å². The van der Waals surface area contributed by atoms with Crippen molar-refractivity contribution in [1.29, 1.82) is 0 Å². The smallest absolute Gasteiger partial charge is 0.324 e. The van der Waals surface area contributed by atoms with Gasteiger partial charge < -0.3 is 36.3 Å². The second kappa shape index (κ2) is 24.6. The summed E-state index contributed by atoms with van der Waals surface area (Å²) < 4.78 is 10.5. The first-order valence-corrected chi connectivity index (χ1v) is 20.1. The number of aliphatic carboxylic acids is 1. The van der Waals surface area contributed by atoms with E-state index >= 15 is 0 Å².